The number of anilines is 1. The zero-order chi connectivity index (χ0) is 25.7. The first-order valence-electron chi connectivity index (χ1n) is 12.3. The van der Waals surface area contributed by atoms with Gasteiger partial charge in [0.1, 0.15) is 16.8 Å². The molecule has 0 bridgehead atoms. The number of aryl methyl sites for hydroxylation is 1. The van der Waals surface area contributed by atoms with Crippen LogP contribution in [-0.2, 0) is 10.0 Å². The van der Waals surface area contributed by atoms with Crippen LogP contribution in [0.25, 0.3) is 0 Å². The van der Waals surface area contributed by atoms with Crippen molar-refractivity contribution in [3.63, 3.8) is 0 Å². The summed E-state index contributed by atoms with van der Waals surface area (Å²) >= 11 is 1.36. The summed E-state index contributed by atoms with van der Waals surface area (Å²) < 4.78 is 30.3. The number of benzene rings is 1. The molecule has 37 heavy (non-hydrogen) atoms. The fraction of sp³-hybridized carbons (Fsp3) is 0.400. The van der Waals surface area contributed by atoms with Crippen LogP contribution in [0.5, 0.6) is 0 Å². The third kappa shape index (κ3) is 4.02. The van der Waals surface area contributed by atoms with Gasteiger partial charge in [-0.1, -0.05) is 42.4 Å². The van der Waals surface area contributed by atoms with Crippen LogP contribution in [0.1, 0.15) is 60.2 Å². The molecule has 1 aromatic carbocycles. The Labute approximate surface area is 219 Å². The van der Waals surface area contributed by atoms with E-state index >= 15 is 0 Å². The molecule has 5 atom stereocenters. The Balaban J connectivity index is 1.27. The van der Waals surface area contributed by atoms with E-state index in [2.05, 4.69) is 43.1 Å². The van der Waals surface area contributed by atoms with Crippen molar-refractivity contribution >= 4 is 32.7 Å². The number of nitriles is 1. The van der Waals surface area contributed by atoms with E-state index in [0.29, 0.717) is 16.6 Å². The van der Waals surface area contributed by atoms with E-state index in [1.807, 2.05) is 13.0 Å². The minimum atomic E-state index is -3.76. The van der Waals surface area contributed by atoms with Gasteiger partial charge in [-0.3, -0.25) is 9.56 Å². The smallest absolute Gasteiger partial charge is 0.265 e. The molecule has 0 amide bonds. The van der Waals surface area contributed by atoms with Gasteiger partial charge in [-0.2, -0.15) is 5.26 Å². The highest BCUT2D eigenvalue weighted by Gasteiger charge is 2.44. The summed E-state index contributed by atoms with van der Waals surface area (Å²) in [4.78, 5) is 9.73. The van der Waals surface area contributed by atoms with Crippen molar-refractivity contribution in [2.45, 2.75) is 62.2 Å². The van der Waals surface area contributed by atoms with E-state index in [0.717, 1.165) is 35.8 Å². The highest BCUT2D eigenvalue weighted by Crippen LogP contribution is 2.45. The molecule has 3 aromatic rings. The molecule has 10 nitrogen and oxygen atoms in total. The van der Waals surface area contributed by atoms with Gasteiger partial charge in [-0.15, -0.1) is 10.2 Å². The lowest BCUT2D eigenvalue weighted by atomic mass is 9.92. The van der Waals surface area contributed by atoms with E-state index in [1.165, 1.54) is 15.6 Å². The largest absolute Gasteiger partial charge is 0.359 e. The van der Waals surface area contributed by atoms with Gasteiger partial charge in [0, 0.05) is 18.2 Å². The SMILES string of the molecule is CC[C@@H]1C[C@H](Nc2ncc(C#N)s2)C[C@@H]1c1nnc2n1C1C=CN(S(=O)(=O)c3ccc(C)cc3)C1N=C2. The summed E-state index contributed by atoms with van der Waals surface area (Å²) in [5.41, 5.74) is 0.999. The molecule has 2 aromatic heterocycles. The first-order valence-corrected chi connectivity index (χ1v) is 14.5. The Morgan fingerprint density at radius 1 is 1.22 bits per heavy atom. The van der Waals surface area contributed by atoms with Gasteiger partial charge in [0.25, 0.3) is 10.0 Å². The Bertz CT molecular complexity index is 1530. The summed E-state index contributed by atoms with van der Waals surface area (Å²) in [6.45, 7) is 4.11. The fourth-order valence-corrected chi connectivity index (χ4v) is 7.73. The topological polar surface area (TPSA) is 129 Å². The summed E-state index contributed by atoms with van der Waals surface area (Å²) in [5, 5.41) is 22.4. The number of thiazole rings is 1. The molecule has 1 saturated carbocycles. The molecule has 0 spiro atoms. The first-order chi connectivity index (χ1) is 17.9. The third-order valence-electron chi connectivity index (χ3n) is 7.48. The van der Waals surface area contributed by atoms with Crippen molar-refractivity contribution in [2.75, 3.05) is 5.32 Å². The molecule has 1 aliphatic carbocycles. The maximum Gasteiger partial charge on any atom is 0.265 e. The van der Waals surface area contributed by atoms with E-state index in [-0.39, 0.29) is 22.9 Å². The van der Waals surface area contributed by atoms with E-state index < -0.39 is 16.2 Å². The minimum absolute atomic E-state index is 0.155. The number of fused-ring (bicyclic) bond motifs is 3. The number of sulfonamides is 1. The van der Waals surface area contributed by atoms with E-state index in [4.69, 9.17) is 5.26 Å². The maximum absolute atomic E-state index is 13.5. The second-order valence-electron chi connectivity index (χ2n) is 9.69. The van der Waals surface area contributed by atoms with E-state index in [1.54, 1.807) is 42.9 Å². The van der Waals surface area contributed by atoms with Gasteiger partial charge >= 0.3 is 0 Å². The van der Waals surface area contributed by atoms with Gasteiger partial charge in [0.15, 0.2) is 17.1 Å². The summed E-state index contributed by atoms with van der Waals surface area (Å²) in [5.74, 6) is 2.04. The van der Waals surface area contributed by atoms with Crippen molar-refractivity contribution < 1.29 is 8.42 Å². The zero-order valence-electron chi connectivity index (χ0n) is 20.4. The van der Waals surface area contributed by atoms with Crippen LogP contribution in [0, 0.1) is 24.2 Å². The molecular weight excluding hydrogens is 508 g/mol. The molecule has 1 N–H and O–H groups in total. The number of aromatic nitrogens is 4. The van der Waals surface area contributed by atoms with Gasteiger partial charge in [0.2, 0.25) is 0 Å². The lowest BCUT2D eigenvalue weighted by Crippen LogP contribution is -2.39. The van der Waals surface area contributed by atoms with Crippen molar-refractivity contribution in [3.05, 3.63) is 64.8 Å². The molecule has 1 fully saturated rings. The van der Waals surface area contributed by atoms with Gasteiger partial charge in [0.05, 0.1) is 23.3 Å². The number of rotatable bonds is 6. The molecule has 3 aliphatic rings. The lowest BCUT2D eigenvalue weighted by molar-refractivity contribution is 0.340. The average molecular weight is 535 g/mol. The minimum Gasteiger partial charge on any atom is -0.359 e. The standard InChI is InChI=1S/C25H26N8O2S2/c1-3-16-10-17(29-25-28-13-18(12-26)36-25)11-20(16)23-31-30-22-14-27-24-21(33(22)23)8-9-32(24)37(34,35)19-6-4-15(2)5-7-19/h4-9,13-14,16-17,20-21,24H,3,10-11H2,1-2H3,(H,28,29)/t16-,17+,20+,21?,24?/m1/s1. The van der Waals surface area contributed by atoms with Gasteiger partial charge in [-0.05, 0) is 43.9 Å². The highest BCUT2D eigenvalue weighted by atomic mass is 32.2. The second-order valence-corrected chi connectivity index (χ2v) is 12.6. The summed E-state index contributed by atoms with van der Waals surface area (Å²) in [6.07, 6.45) is 8.89. The van der Waals surface area contributed by atoms with Gasteiger partial charge < -0.3 is 5.32 Å². The molecule has 6 rings (SSSR count). The molecule has 4 heterocycles. The number of nitrogens with one attached hydrogen (secondary N) is 1. The average Bonchev–Trinajstić information content (AvgIpc) is 3.68. The maximum atomic E-state index is 13.5. The number of aliphatic imine (C=N–C) groups is 1. The molecule has 0 saturated heterocycles. The van der Waals surface area contributed by atoms with Crippen molar-refractivity contribution in [2.24, 2.45) is 10.9 Å². The van der Waals surface area contributed by atoms with Crippen LogP contribution < -0.4 is 5.32 Å². The van der Waals surface area contributed by atoms with Crippen LogP contribution in [0.4, 0.5) is 5.13 Å². The van der Waals surface area contributed by atoms with E-state index in [9.17, 15) is 8.42 Å². The molecule has 2 aliphatic heterocycles. The Hall–Kier alpha value is -3.56. The van der Waals surface area contributed by atoms with Crippen molar-refractivity contribution in [1.82, 2.24) is 24.1 Å². The number of hydrogen-bond donors (Lipinski definition) is 1. The summed E-state index contributed by atoms with van der Waals surface area (Å²) in [7, 11) is -3.76. The Morgan fingerprint density at radius 3 is 2.76 bits per heavy atom. The lowest BCUT2D eigenvalue weighted by Gasteiger charge is -2.31. The highest BCUT2D eigenvalue weighted by molar-refractivity contribution is 7.89. The Kier molecular flexibility index (Phi) is 5.84. The quantitative estimate of drug-likeness (QED) is 0.509. The normalized spacial score (nSPS) is 26.2. The molecule has 0 radical (unpaired) electrons. The zero-order valence-corrected chi connectivity index (χ0v) is 22.0. The van der Waals surface area contributed by atoms with Crippen LogP contribution in [0.15, 0.2) is 52.6 Å². The van der Waals surface area contributed by atoms with Crippen molar-refractivity contribution in [3.8, 4) is 6.07 Å². The van der Waals surface area contributed by atoms with Gasteiger partial charge in [-0.25, -0.2) is 17.7 Å². The molecule has 12 heteroatoms. The second kappa shape index (κ2) is 9.08. The van der Waals surface area contributed by atoms with Crippen LogP contribution in [-0.4, -0.2) is 50.9 Å². The van der Waals surface area contributed by atoms with Crippen LogP contribution in [0.3, 0.4) is 0 Å². The summed E-state index contributed by atoms with van der Waals surface area (Å²) in [6, 6.07) is 8.88. The van der Waals surface area contributed by atoms with Crippen LogP contribution >= 0.6 is 11.3 Å². The number of nitrogens with zero attached hydrogens (tertiary/aromatic N) is 7. The van der Waals surface area contributed by atoms with Crippen LogP contribution in [0.2, 0.25) is 0 Å². The van der Waals surface area contributed by atoms with Crippen molar-refractivity contribution in [1.29, 1.82) is 5.26 Å². The monoisotopic (exact) mass is 534 g/mol. The molecular formula is C25H26N8O2S2. The predicted octanol–water partition coefficient (Wildman–Crippen LogP) is 3.82. The third-order valence-corrected chi connectivity index (χ3v) is 10.1. The molecule has 190 valence electrons. The first kappa shape index (κ1) is 23.8. The fourth-order valence-electron chi connectivity index (χ4n) is 5.62. The number of hydrogen-bond acceptors (Lipinski definition) is 9. The molecule has 2 unspecified atom stereocenters. The Morgan fingerprint density at radius 2 is 2.03 bits per heavy atom. The predicted molar refractivity (Wildman–Crippen MR) is 140 cm³/mol.